The molecule has 7 heteroatoms. The van der Waals surface area contributed by atoms with Gasteiger partial charge in [-0.3, -0.25) is 0 Å². The largest absolute Gasteiger partial charge is 0.508 e. The summed E-state index contributed by atoms with van der Waals surface area (Å²) in [7, 11) is -3.97. The van der Waals surface area contributed by atoms with E-state index >= 15 is 0 Å². The molecule has 0 aliphatic carbocycles. The minimum Gasteiger partial charge on any atom is -0.508 e. The average molecular weight is 443 g/mol. The summed E-state index contributed by atoms with van der Waals surface area (Å²) in [5.41, 5.74) is 0.422. The van der Waals surface area contributed by atoms with E-state index in [-0.39, 0.29) is 10.6 Å². The molecule has 0 heterocycles. The monoisotopic (exact) mass is 441 g/mol. The Labute approximate surface area is 144 Å². The van der Waals surface area contributed by atoms with Crippen LogP contribution in [0.5, 0.6) is 5.75 Å². The van der Waals surface area contributed by atoms with Crippen LogP contribution < -0.4 is 0 Å². The van der Waals surface area contributed by atoms with Crippen molar-refractivity contribution in [3.05, 3.63) is 61.9 Å². The Morgan fingerprint density at radius 3 is 2.55 bits per heavy atom. The number of rotatable bonds is 3. The minimum atomic E-state index is -3.97. The molecular formula is C15H9Br2NO3S. The fourth-order valence-electron chi connectivity index (χ4n) is 1.74. The Bertz CT molecular complexity index is 899. The van der Waals surface area contributed by atoms with Crippen molar-refractivity contribution < 1.29 is 13.5 Å². The Morgan fingerprint density at radius 2 is 1.91 bits per heavy atom. The van der Waals surface area contributed by atoms with Gasteiger partial charge in [-0.25, -0.2) is 8.42 Å². The third kappa shape index (κ3) is 3.58. The van der Waals surface area contributed by atoms with E-state index in [0.29, 0.717) is 14.5 Å². The SMILES string of the molecule is N#CC(=Cc1cccc(O)c1)S(=O)(=O)c1cc(Br)ccc1Br. The standard InChI is InChI=1S/C15H9Br2NO3S/c16-11-4-5-14(17)15(8-11)22(20,21)13(9-18)7-10-2-1-3-12(19)6-10/h1-8,19H. The molecule has 0 bridgehead atoms. The third-order valence-corrected chi connectivity index (χ3v) is 5.90. The number of phenolic OH excluding ortho intramolecular Hbond substituents is 1. The van der Waals surface area contributed by atoms with E-state index in [1.807, 2.05) is 0 Å². The van der Waals surface area contributed by atoms with Gasteiger partial charge in [0.1, 0.15) is 16.7 Å². The van der Waals surface area contributed by atoms with Gasteiger partial charge in [-0.15, -0.1) is 0 Å². The van der Waals surface area contributed by atoms with Crippen molar-refractivity contribution in [1.82, 2.24) is 0 Å². The number of halogens is 2. The Kier molecular flexibility index (Phi) is 5.06. The van der Waals surface area contributed by atoms with Crippen LogP contribution in [-0.2, 0) is 9.84 Å². The van der Waals surface area contributed by atoms with Gasteiger partial charge in [0.15, 0.2) is 0 Å². The maximum atomic E-state index is 12.6. The third-order valence-electron chi connectivity index (χ3n) is 2.75. The summed E-state index contributed by atoms with van der Waals surface area (Å²) < 4.78 is 26.2. The molecule has 2 aromatic carbocycles. The fraction of sp³-hybridized carbons (Fsp3) is 0. The number of sulfone groups is 1. The highest BCUT2D eigenvalue weighted by Crippen LogP contribution is 2.30. The second kappa shape index (κ2) is 6.65. The second-order valence-electron chi connectivity index (χ2n) is 4.29. The molecular weight excluding hydrogens is 434 g/mol. The molecule has 1 N–H and O–H groups in total. The molecule has 0 fully saturated rings. The van der Waals surface area contributed by atoms with Crippen LogP contribution in [0.4, 0.5) is 0 Å². The molecule has 22 heavy (non-hydrogen) atoms. The predicted molar refractivity (Wildman–Crippen MR) is 90.7 cm³/mol. The topological polar surface area (TPSA) is 78.2 Å². The van der Waals surface area contributed by atoms with Crippen LogP contribution in [0.1, 0.15) is 5.56 Å². The summed E-state index contributed by atoms with van der Waals surface area (Å²) in [6, 6.07) is 12.4. The highest BCUT2D eigenvalue weighted by molar-refractivity contribution is 9.11. The van der Waals surface area contributed by atoms with E-state index in [2.05, 4.69) is 31.9 Å². The van der Waals surface area contributed by atoms with Crippen LogP contribution >= 0.6 is 31.9 Å². The molecule has 0 saturated heterocycles. The molecule has 0 atom stereocenters. The van der Waals surface area contributed by atoms with Crippen LogP contribution in [-0.4, -0.2) is 13.5 Å². The zero-order valence-corrected chi connectivity index (χ0v) is 15.0. The van der Waals surface area contributed by atoms with E-state index in [1.165, 1.54) is 24.3 Å². The highest BCUT2D eigenvalue weighted by atomic mass is 79.9. The first kappa shape index (κ1) is 16.7. The smallest absolute Gasteiger partial charge is 0.217 e. The van der Waals surface area contributed by atoms with Gasteiger partial charge in [0.05, 0.1) is 4.90 Å². The van der Waals surface area contributed by atoms with Crippen molar-refractivity contribution in [2.45, 2.75) is 4.90 Å². The molecule has 2 aromatic rings. The van der Waals surface area contributed by atoms with Crippen LogP contribution in [0.25, 0.3) is 6.08 Å². The maximum Gasteiger partial charge on any atom is 0.217 e. The molecule has 0 aliphatic rings. The van der Waals surface area contributed by atoms with E-state index < -0.39 is 14.7 Å². The van der Waals surface area contributed by atoms with Gasteiger partial charge in [0.2, 0.25) is 9.84 Å². The van der Waals surface area contributed by atoms with E-state index in [9.17, 15) is 18.8 Å². The first-order chi connectivity index (χ1) is 10.3. The Balaban J connectivity index is 2.60. The van der Waals surface area contributed by atoms with Gasteiger partial charge < -0.3 is 5.11 Å². The summed E-state index contributed by atoms with van der Waals surface area (Å²) in [5, 5.41) is 18.7. The molecule has 0 aromatic heterocycles. The zero-order chi connectivity index (χ0) is 16.3. The van der Waals surface area contributed by atoms with Gasteiger partial charge in [0.25, 0.3) is 0 Å². The van der Waals surface area contributed by atoms with Gasteiger partial charge in [-0.2, -0.15) is 5.26 Å². The van der Waals surface area contributed by atoms with Crippen molar-refractivity contribution in [3.63, 3.8) is 0 Å². The fourth-order valence-corrected chi connectivity index (χ4v) is 4.39. The molecule has 0 amide bonds. The highest BCUT2D eigenvalue weighted by Gasteiger charge is 2.23. The molecule has 112 valence electrons. The molecule has 0 saturated carbocycles. The van der Waals surface area contributed by atoms with Gasteiger partial charge in [-0.05, 0) is 57.9 Å². The second-order valence-corrected chi connectivity index (χ2v) is 7.95. The van der Waals surface area contributed by atoms with Crippen molar-refractivity contribution in [3.8, 4) is 11.8 Å². The molecule has 2 rings (SSSR count). The summed E-state index contributed by atoms with van der Waals surface area (Å²) in [6.07, 6.45) is 1.22. The lowest BCUT2D eigenvalue weighted by Crippen LogP contribution is -2.04. The lowest BCUT2D eigenvalue weighted by molar-refractivity contribution is 0.475. The number of hydrogen-bond donors (Lipinski definition) is 1. The number of allylic oxidation sites excluding steroid dienone is 1. The van der Waals surface area contributed by atoms with Crippen LogP contribution in [0, 0.1) is 11.3 Å². The molecule has 4 nitrogen and oxygen atoms in total. The number of phenols is 1. The van der Waals surface area contributed by atoms with Gasteiger partial charge in [-0.1, -0.05) is 28.1 Å². The predicted octanol–water partition coefficient (Wildman–Crippen LogP) is 4.26. The Hall–Kier alpha value is -1.62. The van der Waals surface area contributed by atoms with Gasteiger partial charge in [0, 0.05) is 8.95 Å². The molecule has 0 radical (unpaired) electrons. The van der Waals surface area contributed by atoms with Crippen molar-refractivity contribution in [1.29, 1.82) is 5.26 Å². The van der Waals surface area contributed by atoms with Gasteiger partial charge >= 0.3 is 0 Å². The summed E-state index contributed by atoms with van der Waals surface area (Å²) in [4.78, 5) is -0.410. The van der Waals surface area contributed by atoms with Crippen molar-refractivity contribution in [2.24, 2.45) is 0 Å². The lowest BCUT2D eigenvalue weighted by Gasteiger charge is -2.06. The number of hydrogen-bond acceptors (Lipinski definition) is 4. The average Bonchev–Trinajstić information content (AvgIpc) is 2.47. The van der Waals surface area contributed by atoms with E-state index in [4.69, 9.17) is 0 Å². The van der Waals surface area contributed by atoms with Crippen LogP contribution in [0.15, 0.2) is 61.2 Å². The van der Waals surface area contributed by atoms with Crippen molar-refractivity contribution >= 4 is 47.8 Å². The van der Waals surface area contributed by atoms with E-state index in [0.717, 1.165) is 0 Å². The maximum absolute atomic E-state index is 12.6. The molecule has 0 spiro atoms. The minimum absolute atomic E-state index is 0.00479. The summed E-state index contributed by atoms with van der Waals surface area (Å²) in [6.45, 7) is 0. The number of nitrogens with zero attached hydrogens (tertiary/aromatic N) is 1. The molecule has 0 aliphatic heterocycles. The number of nitriles is 1. The number of aromatic hydroxyl groups is 1. The lowest BCUT2D eigenvalue weighted by atomic mass is 10.2. The van der Waals surface area contributed by atoms with Crippen LogP contribution in [0.3, 0.4) is 0 Å². The van der Waals surface area contributed by atoms with E-state index in [1.54, 1.807) is 30.3 Å². The van der Waals surface area contributed by atoms with Crippen molar-refractivity contribution in [2.75, 3.05) is 0 Å². The first-order valence-corrected chi connectivity index (χ1v) is 9.02. The quantitative estimate of drug-likeness (QED) is 0.720. The first-order valence-electron chi connectivity index (χ1n) is 5.95. The Morgan fingerprint density at radius 1 is 1.18 bits per heavy atom. The zero-order valence-electron chi connectivity index (χ0n) is 11.0. The summed E-state index contributed by atoms with van der Waals surface area (Å²) in [5.74, 6) is -0.00734. The normalized spacial score (nSPS) is 12.0. The number of benzene rings is 2. The van der Waals surface area contributed by atoms with Crippen LogP contribution in [0.2, 0.25) is 0 Å². The molecule has 0 unspecified atom stereocenters. The summed E-state index contributed by atoms with van der Waals surface area (Å²) >= 11 is 6.40.